The molecular weight excluding hydrogens is 753 g/mol. The molecular formula is C58H40N4. The maximum absolute atomic E-state index is 5.40. The van der Waals surface area contributed by atoms with E-state index in [2.05, 4.69) is 213 Å². The summed E-state index contributed by atoms with van der Waals surface area (Å²) in [4.78, 5) is 16.0. The number of benzene rings is 9. The topological polar surface area (TPSA) is 43.6 Å². The summed E-state index contributed by atoms with van der Waals surface area (Å²) in [7, 11) is 0. The van der Waals surface area contributed by atoms with Crippen LogP contribution in [-0.2, 0) is 5.41 Å². The molecule has 0 saturated heterocycles. The summed E-state index contributed by atoms with van der Waals surface area (Å²) in [5.41, 5.74) is 16.0. The second-order valence-electron chi connectivity index (χ2n) is 16.8. The van der Waals surface area contributed by atoms with Gasteiger partial charge in [0.25, 0.3) is 0 Å². The average Bonchev–Trinajstić information content (AvgIpc) is 3.80. The van der Waals surface area contributed by atoms with E-state index in [1.807, 2.05) is 12.1 Å². The average molecular weight is 793 g/mol. The van der Waals surface area contributed by atoms with Gasteiger partial charge >= 0.3 is 0 Å². The molecule has 4 nitrogen and oxygen atoms in total. The van der Waals surface area contributed by atoms with E-state index in [4.69, 9.17) is 15.0 Å². The summed E-state index contributed by atoms with van der Waals surface area (Å²) in [6.45, 7) is 4.69. The summed E-state index contributed by atoms with van der Waals surface area (Å²) < 4.78 is 2.28. The molecule has 2 aromatic heterocycles. The van der Waals surface area contributed by atoms with Crippen LogP contribution in [0.15, 0.2) is 206 Å². The number of nitrogens with zero attached hydrogens (tertiary/aromatic N) is 4. The lowest BCUT2D eigenvalue weighted by atomic mass is 9.81. The minimum Gasteiger partial charge on any atom is -0.277 e. The molecule has 1 aliphatic rings. The van der Waals surface area contributed by atoms with Crippen molar-refractivity contribution in [1.29, 1.82) is 0 Å². The van der Waals surface area contributed by atoms with Gasteiger partial charge in [-0.25, -0.2) is 4.98 Å². The van der Waals surface area contributed by atoms with Crippen LogP contribution in [-0.4, -0.2) is 19.5 Å². The maximum Gasteiger partial charge on any atom is 0.238 e. The third-order valence-electron chi connectivity index (χ3n) is 12.9. The summed E-state index contributed by atoms with van der Waals surface area (Å²) in [5.74, 6) is 1.80. The van der Waals surface area contributed by atoms with Gasteiger partial charge in [0.1, 0.15) is 0 Å². The normalized spacial score (nSPS) is 12.8. The van der Waals surface area contributed by atoms with Crippen LogP contribution in [0.3, 0.4) is 0 Å². The molecule has 0 fully saturated rings. The monoisotopic (exact) mass is 792 g/mol. The van der Waals surface area contributed by atoms with Gasteiger partial charge < -0.3 is 0 Å². The van der Waals surface area contributed by atoms with Crippen LogP contribution in [0.1, 0.15) is 25.0 Å². The van der Waals surface area contributed by atoms with Crippen molar-refractivity contribution >= 4 is 32.6 Å². The molecule has 12 rings (SSSR count). The highest BCUT2D eigenvalue weighted by Gasteiger charge is 2.35. The zero-order valence-corrected chi connectivity index (χ0v) is 34.4. The van der Waals surface area contributed by atoms with Gasteiger partial charge in [-0.2, -0.15) is 9.97 Å². The van der Waals surface area contributed by atoms with Crippen LogP contribution in [0.2, 0.25) is 0 Å². The molecule has 62 heavy (non-hydrogen) atoms. The highest BCUT2D eigenvalue weighted by atomic mass is 15.2. The Hall–Kier alpha value is -7.95. The lowest BCUT2D eigenvalue weighted by Gasteiger charge is -2.22. The Morgan fingerprint density at radius 1 is 0.371 bits per heavy atom. The zero-order valence-electron chi connectivity index (χ0n) is 34.4. The van der Waals surface area contributed by atoms with E-state index in [0.29, 0.717) is 17.6 Å². The third-order valence-corrected chi connectivity index (χ3v) is 12.9. The summed E-state index contributed by atoms with van der Waals surface area (Å²) in [6, 6.07) is 73.7. The van der Waals surface area contributed by atoms with Crippen molar-refractivity contribution in [2.75, 3.05) is 0 Å². The van der Waals surface area contributed by atoms with Crippen molar-refractivity contribution in [3.05, 3.63) is 217 Å². The SMILES string of the molecule is CC1(C)c2ccccc2-c2ccc(-c3cccc4c5c6ccccc6ccc5n(-c5nc(-c6ccc(-c7ccccc7)cc6)nc(-c6ccc(-c7ccccc7)cc6)n5)c34)cc21. The highest BCUT2D eigenvalue weighted by molar-refractivity contribution is 6.23. The van der Waals surface area contributed by atoms with E-state index in [9.17, 15) is 0 Å². The molecule has 0 radical (unpaired) electrons. The summed E-state index contributed by atoms with van der Waals surface area (Å²) in [5, 5.41) is 4.71. The lowest BCUT2D eigenvalue weighted by Crippen LogP contribution is -2.14. The van der Waals surface area contributed by atoms with Gasteiger partial charge in [0.2, 0.25) is 5.95 Å². The van der Waals surface area contributed by atoms with Crippen molar-refractivity contribution in [1.82, 2.24) is 19.5 Å². The van der Waals surface area contributed by atoms with Gasteiger partial charge in [-0.1, -0.05) is 208 Å². The van der Waals surface area contributed by atoms with Gasteiger partial charge in [0.05, 0.1) is 11.0 Å². The Labute approximate surface area is 360 Å². The first-order valence-corrected chi connectivity index (χ1v) is 21.3. The Kier molecular flexibility index (Phi) is 8.16. The van der Waals surface area contributed by atoms with E-state index in [-0.39, 0.29) is 5.41 Å². The fourth-order valence-electron chi connectivity index (χ4n) is 9.76. The Morgan fingerprint density at radius 2 is 0.887 bits per heavy atom. The van der Waals surface area contributed by atoms with E-state index in [0.717, 1.165) is 49.8 Å². The molecule has 0 amide bonds. The van der Waals surface area contributed by atoms with Crippen LogP contribution < -0.4 is 0 Å². The first-order chi connectivity index (χ1) is 30.5. The largest absolute Gasteiger partial charge is 0.277 e. The predicted octanol–water partition coefficient (Wildman–Crippen LogP) is 14.8. The summed E-state index contributed by atoms with van der Waals surface area (Å²) in [6.07, 6.45) is 0. The first-order valence-electron chi connectivity index (χ1n) is 21.3. The second-order valence-corrected chi connectivity index (χ2v) is 16.8. The highest BCUT2D eigenvalue weighted by Crippen LogP contribution is 2.50. The van der Waals surface area contributed by atoms with Crippen molar-refractivity contribution in [3.63, 3.8) is 0 Å². The first kappa shape index (κ1) is 35.9. The number of hydrogen-bond donors (Lipinski definition) is 0. The van der Waals surface area contributed by atoms with Crippen molar-refractivity contribution in [2.45, 2.75) is 19.3 Å². The van der Waals surface area contributed by atoms with Gasteiger partial charge in [0, 0.05) is 32.9 Å². The van der Waals surface area contributed by atoms with Crippen LogP contribution in [0.25, 0.3) is 106 Å². The molecule has 0 atom stereocenters. The molecule has 0 unspecified atom stereocenters. The van der Waals surface area contributed by atoms with Gasteiger partial charge in [-0.3, -0.25) is 4.57 Å². The lowest BCUT2D eigenvalue weighted by molar-refractivity contribution is 0.660. The van der Waals surface area contributed by atoms with Crippen molar-refractivity contribution in [3.8, 4) is 73.2 Å². The predicted molar refractivity (Wildman–Crippen MR) is 256 cm³/mol. The third kappa shape index (κ3) is 5.72. The molecule has 0 aliphatic heterocycles. The molecule has 0 bridgehead atoms. The summed E-state index contributed by atoms with van der Waals surface area (Å²) >= 11 is 0. The van der Waals surface area contributed by atoms with E-state index in [1.54, 1.807) is 0 Å². The number of hydrogen-bond acceptors (Lipinski definition) is 3. The molecule has 11 aromatic rings. The fourth-order valence-corrected chi connectivity index (χ4v) is 9.76. The second kappa shape index (κ2) is 14.1. The molecule has 0 saturated carbocycles. The molecule has 292 valence electrons. The molecule has 9 aromatic carbocycles. The number of rotatable bonds is 6. The molecule has 0 spiro atoms. The molecule has 0 N–H and O–H groups in total. The Bertz CT molecular complexity index is 3410. The number of aromatic nitrogens is 4. The van der Waals surface area contributed by atoms with Crippen molar-refractivity contribution in [2.24, 2.45) is 0 Å². The van der Waals surface area contributed by atoms with Crippen LogP contribution >= 0.6 is 0 Å². The van der Waals surface area contributed by atoms with E-state index >= 15 is 0 Å². The molecule has 4 heteroatoms. The minimum atomic E-state index is -0.136. The van der Waals surface area contributed by atoms with E-state index < -0.39 is 0 Å². The minimum absolute atomic E-state index is 0.136. The van der Waals surface area contributed by atoms with Gasteiger partial charge in [0.15, 0.2) is 11.6 Å². The Morgan fingerprint density at radius 3 is 1.56 bits per heavy atom. The van der Waals surface area contributed by atoms with Crippen LogP contribution in [0.4, 0.5) is 0 Å². The maximum atomic E-state index is 5.40. The Balaban J connectivity index is 1.11. The number of fused-ring (bicyclic) bond motifs is 8. The van der Waals surface area contributed by atoms with Crippen LogP contribution in [0.5, 0.6) is 0 Å². The molecule has 1 aliphatic carbocycles. The van der Waals surface area contributed by atoms with Gasteiger partial charge in [-0.15, -0.1) is 0 Å². The van der Waals surface area contributed by atoms with Crippen LogP contribution in [0, 0.1) is 0 Å². The van der Waals surface area contributed by atoms with E-state index in [1.165, 1.54) is 49.5 Å². The smallest absolute Gasteiger partial charge is 0.238 e. The number of para-hydroxylation sites is 1. The fraction of sp³-hybridized carbons (Fsp3) is 0.0517. The standard InChI is InChI=1S/C58H40N4/c1-58(2)50-23-12-11-20-47(50)48-34-32-44(36-51(48)58)46-21-13-22-49-53-45-19-10-9-18-41(45)33-35-52(53)62(54(46)49)57-60-55(42-28-24-39(25-29-42)37-14-5-3-6-15-37)59-56(61-57)43-30-26-40(27-31-43)38-16-7-4-8-17-38/h3-36H,1-2H3. The molecule has 2 heterocycles. The quantitative estimate of drug-likeness (QED) is 0.168. The van der Waals surface area contributed by atoms with Crippen molar-refractivity contribution < 1.29 is 0 Å². The van der Waals surface area contributed by atoms with Gasteiger partial charge in [-0.05, 0) is 73.0 Å². The zero-order chi connectivity index (χ0) is 41.4.